The van der Waals surface area contributed by atoms with Gasteiger partial charge in [-0.2, -0.15) is 0 Å². The molecule has 0 aliphatic heterocycles. The van der Waals surface area contributed by atoms with Crippen LogP contribution in [0.3, 0.4) is 0 Å². The Morgan fingerprint density at radius 2 is 2.09 bits per heavy atom. The lowest BCUT2D eigenvalue weighted by atomic mass is 10.1. The zero-order chi connectivity index (χ0) is 15.9. The molecule has 1 aromatic heterocycles. The second-order valence-electron chi connectivity index (χ2n) is 4.95. The van der Waals surface area contributed by atoms with E-state index >= 15 is 0 Å². The van der Waals surface area contributed by atoms with Gasteiger partial charge in [0, 0.05) is 29.3 Å². The number of rotatable bonds is 5. The third kappa shape index (κ3) is 4.15. The molecule has 0 bridgehead atoms. The van der Waals surface area contributed by atoms with Crippen LogP contribution in [0.4, 0.5) is 0 Å². The van der Waals surface area contributed by atoms with E-state index < -0.39 is 0 Å². The molecule has 0 spiro atoms. The topological polar surface area (TPSA) is 68.3 Å². The van der Waals surface area contributed by atoms with Gasteiger partial charge in [0.1, 0.15) is 0 Å². The van der Waals surface area contributed by atoms with Crippen LogP contribution < -0.4 is 5.32 Å². The Bertz CT molecular complexity index is 705. The molecule has 1 amide bonds. The van der Waals surface area contributed by atoms with Gasteiger partial charge in [0.15, 0.2) is 0 Å². The lowest BCUT2D eigenvalue weighted by Gasteiger charge is -2.10. The van der Waals surface area contributed by atoms with Gasteiger partial charge in [0.05, 0.1) is 19.0 Å². The van der Waals surface area contributed by atoms with E-state index in [0.29, 0.717) is 0 Å². The average molecular weight is 298 g/mol. The summed E-state index contributed by atoms with van der Waals surface area (Å²) in [4.78, 5) is 27.3. The van der Waals surface area contributed by atoms with Gasteiger partial charge in [-0.3, -0.25) is 14.6 Å². The van der Waals surface area contributed by atoms with Crippen molar-refractivity contribution in [3.8, 4) is 0 Å². The molecule has 0 aliphatic carbocycles. The van der Waals surface area contributed by atoms with Crippen molar-refractivity contribution in [3.63, 3.8) is 0 Å². The summed E-state index contributed by atoms with van der Waals surface area (Å²) in [7, 11) is 1.32. The number of amides is 1. The van der Waals surface area contributed by atoms with Crippen LogP contribution in [-0.4, -0.2) is 30.0 Å². The predicted octanol–water partition coefficient (Wildman–Crippen LogP) is 2.32. The molecule has 0 aliphatic rings. The van der Waals surface area contributed by atoms with Gasteiger partial charge >= 0.3 is 5.97 Å². The predicted molar refractivity (Wildman–Crippen MR) is 85.0 cm³/mol. The molecule has 1 aromatic carbocycles. The van der Waals surface area contributed by atoms with E-state index in [0.717, 1.165) is 16.5 Å². The molecule has 22 heavy (non-hydrogen) atoms. The molecule has 114 valence electrons. The van der Waals surface area contributed by atoms with Crippen LogP contribution in [0.15, 0.2) is 42.6 Å². The number of hydrogen-bond donors (Lipinski definition) is 1. The number of ether oxygens (including phenoxy) is 1. The smallest absolute Gasteiger partial charge is 0.307 e. The van der Waals surface area contributed by atoms with Gasteiger partial charge in [0.2, 0.25) is 5.91 Å². The second-order valence-corrected chi connectivity index (χ2v) is 4.95. The molecule has 1 atom stereocenters. The first-order chi connectivity index (χ1) is 10.6. The zero-order valence-corrected chi connectivity index (χ0v) is 12.6. The maximum absolute atomic E-state index is 11.9. The highest BCUT2D eigenvalue weighted by Gasteiger charge is 2.10. The molecule has 5 nitrogen and oxygen atoms in total. The minimum atomic E-state index is -0.352. The standard InChI is InChI=1S/C17H18N2O3/c1-12(11-16(21)22-2)19-15(20)9-8-14-6-3-5-13-7-4-10-18-17(13)14/h3-10,12H,11H2,1-2H3,(H,19,20)/b9-8+. The van der Waals surface area contributed by atoms with E-state index in [1.54, 1.807) is 19.2 Å². The molecule has 2 aromatic rings. The number of nitrogens with zero attached hydrogens (tertiary/aromatic N) is 1. The van der Waals surface area contributed by atoms with Gasteiger partial charge in [-0.25, -0.2) is 0 Å². The van der Waals surface area contributed by atoms with E-state index in [1.165, 1.54) is 13.2 Å². The molecule has 1 heterocycles. The highest BCUT2D eigenvalue weighted by atomic mass is 16.5. The molecule has 0 saturated carbocycles. The fraction of sp³-hybridized carbons (Fsp3) is 0.235. The number of carbonyl (C=O) groups is 2. The van der Waals surface area contributed by atoms with Crippen LogP contribution in [0.5, 0.6) is 0 Å². The third-order valence-corrected chi connectivity index (χ3v) is 3.17. The van der Waals surface area contributed by atoms with Crippen molar-refractivity contribution in [2.75, 3.05) is 7.11 Å². The van der Waals surface area contributed by atoms with Crippen LogP contribution in [0, 0.1) is 0 Å². The molecule has 0 radical (unpaired) electrons. The van der Waals surface area contributed by atoms with Crippen molar-refractivity contribution < 1.29 is 14.3 Å². The second kappa shape index (κ2) is 7.36. The summed E-state index contributed by atoms with van der Waals surface area (Å²) in [5.74, 6) is -0.612. The molecular formula is C17H18N2O3. The van der Waals surface area contributed by atoms with Crippen molar-refractivity contribution in [2.24, 2.45) is 0 Å². The summed E-state index contributed by atoms with van der Waals surface area (Å²) in [5, 5.41) is 3.73. The quantitative estimate of drug-likeness (QED) is 0.679. The molecular weight excluding hydrogens is 280 g/mol. The molecule has 0 fully saturated rings. The summed E-state index contributed by atoms with van der Waals surface area (Å²) < 4.78 is 4.56. The summed E-state index contributed by atoms with van der Waals surface area (Å²) >= 11 is 0. The fourth-order valence-electron chi connectivity index (χ4n) is 2.10. The Hall–Kier alpha value is -2.69. The highest BCUT2D eigenvalue weighted by Crippen LogP contribution is 2.16. The monoisotopic (exact) mass is 298 g/mol. The molecule has 1 N–H and O–H groups in total. The largest absolute Gasteiger partial charge is 0.469 e. The number of methoxy groups -OCH3 is 1. The first kappa shape index (κ1) is 15.7. The minimum absolute atomic E-state index is 0.145. The van der Waals surface area contributed by atoms with E-state index in [4.69, 9.17) is 0 Å². The summed E-state index contributed by atoms with van der Waals surface area (Å²) in [6.07, 6.45) is 5.02. The normalized spacial score (nSPS) is 12.3. The van der Waals surface area contributed by atoms with Crippen LogP contribution in [0.25, 0.3) is 17.0 Å². The van der Waals surface area contributed by atoms with Crippen LogP contribution in [0.2, 0.25) is 0 Å². The maximum atomic E-state index is 11.9. The summed E-state index contributed by atoms with van der Waals surface area (Å²) in [6, 6.07) is 9.35. The first-order valence-corrected chi connectivity index (χ1v) is 6.99. The van der Waals surface area contributed by atoms with Crippen molar-refractivity contribution in [3.05, 3.63) is 48.2 Å². The van der Waals surface area contributed by atoms with Gasteiger partial charge in [0.25, 0.3) is 0 Å². The molecule has 5 heteroatoms. The highest BCUT2D eigenvalue weighted by molar-refractivity contribution is 5.95. The van der Waals surface area contributed by atoms with Crippen molar-refractivity contribution >= 4 is 28.9 Å². The van der Waals surface area contributed by atoms with E-state index in [2.05, 4.69) is 15.0 Å². The van der Waals surface area contributed by atoms with Crippen molar-refractivity contribution in [1.82, 2.24) is 10.3 Å². The van der Waals surface area contributed by atoms with Crippen LogP contribution in [0.1, 0.15) is 18.9 Å². The van der Waals surface area contributed by atoms with Crippen molar-refractivity contribution in [2.45, 2.75) is 19.4 Å². The maximum Gasteiger partial charge on any atom is 0.307 e. The lowest BCUT2D eigenvalue weighted by Crippen LogP contribution is -2.33. The van der Waals surface area contributed by atoms with Crippen LogP contribution >= 0.6 is 0 Å². The number of nitrogens with one attached hydrogen (secondary N) is 1. The fourth-order valence-corrected chi connectivity index (χ4v) is 2.10. The van der Waals surface area contributed by atoms with Gasteiger partial charge in [-0.1, -0.05) is 24.3 Å². The lowest BCUT2D eigenvalue weighted by molar-refractivity contribution is -0.141. The zero-order valence-electron chi connectivity index (χ0n) is 12.6. The number of pyridine rings is 1. The Morgan fingerprint density at radius 1 is 1.32 bits per heavy atom. The Balaban J connectivity index is 2.04. The number of fused-ring (bicyclic) bond motifs is 1. The van der Waals surface area contributed by atoms with Gasteiger partial charge < -0.3 is 10.1 Å². The minimum Gasteiger partial charge on any atom is -0.469 e. The van der Waals surface area contributed by atoms with Gasteiger partial charge in [-0.05, 0) is 19.1 Å². The van der Waals surface area contributed by atoms with E-state index in [9.17, 15) is 9.59 Å². The van der Waals surface area contributed by atoms with Gasteiger partial charge in [-0.15, -0.1) is 0 Å². The SMILES string of the molecule is COC(=O)CC(C)NC(=O)/C=C/c1cccc2cccnc12. The average Bonchev–Trinajstić information content (AvgIpc) is 2.52. The molecule has 1 unspecified atom stereocenters. The van der Waals surface area contributed by atoms with Crippen LogP contribution in [-0.2, 0) is 14.3 Å². The number of para-hydroxylation sites is 1. The van der Waals surface area contributed by atoms with E-state index in [-0.39, 0.29) is 24.3 Å². The Morgan fingerprint density at radius 3 is 2.86 bits per heavy atom. The summed E-state index contributed by atoms with van der Waals surface area (Å²) in [6.45, 7) is 1.75. The number of benzene rings is 1. The van der Waals surface area contributed by atoms with Crippen molar-refractivity contribution in [1.29, 1.82) is 0 Å². The Labute approximate surface area is 129 Å². The number of hydrogen-bond acceptors (Lipinski definition) is 4. The first-order valence-electron chi connectivity index (χ1n) is 6.99. The Kier molecular flexibility index (Phi) is 5.25. The van der Waals surface area contributed by atoms with E-state index in [1.807, 2.05) is 30.3 Å². The number of esters is 1. The molecule has 2 rings (SSSR count). The number of carbonyl (C=O) groups excluding carboxylic acids is 2. The number of aromatic nitrogens is 1. The summed E-state index contributed by atoms with van der Waals surface area (Å²) in [5.41, 5.74) is 1.71. The molecule has 0 saturated heterocycles. The third-order valence-electron chi connectivity index (χ3n) is 3.17.